The Balaban J connectivity index is 1.92. The number of rotatable bonds is 7. The molecule has 0 radical (unpaired) electrons. The highest BCUT2D eigenvalue weighted by Crippen LogP contribution is 2.38. The third-order valence-electron chi connectivity index (χ3n) is 4.67. The number of ether oxygens (including phenoxy) is 2. The normalized spacial score (nSPS) is 14.7. The first-order chi connectivity index (χ1) is 12.1. The second-order valence-corrected chi connectivity index (χ2v) is 6.41. The average Bonchev–Trinajstić information content (AvgIpc) is 3.48. The lowest BCUT2D eigenvalue weighted by atomic mass is 10.1. The average molecular weight is 339 g/mol. The minimum atomic E-state index is 0.00567. The van der Waals surface area contributed by atoms with Crippen molar-refractivity contribution < 1.29 is 14.3 Å². The van der Waals surface area contributed by atoms with E-state index in [1.165, 1.54) is 12.8 Å². The van der Waals surface area contributed by atoms with Crippen LogP contribution in [0.3, 0.4) is 0 Å². The third kappa shape index (κ3) is 3.95. The van der Waals surface area contributed by atoms with Gasteiger partial charge >= 0.3 is 0 Å². The van der Waals surface area contributed by atoms with Crippen molar-refractivity contribution in [2.24, 2.45) is 5.92 Å². The Hall–Kier alpha value is -2.49. The number of hydrogen-bond acceptors (Lipinski definition) is 3. The SMILES string of the molecule is CCOc1cccc(C(=O)N(c2ccc(OC)cc2)C(C)C2CC2)c1. The van der Waals surface area contributed by atoms with Crippen molar-refractivity contribution in [3.63, 3.8) is 0 Å². The summed E-state index contributed by atoms with van der Waals surface area (Å²) in [6.07, 6.45) is 2.36. The number of anilines is 1. The lowest BCUT2D eigenvalue weighted by Gasteiger charge is -2.30. The first-order valence-electron chi connectivity index (χ1n) is 8.84. The summed E-state index contributed by atoms with van der Waals surface area (Å²) in [5, 5.41) is 0. The van der Waals surface area contributed by atoms with Crippen LogP contribution in [0.2, 0.25) is 0 Å². The van der Waals surface area contributed by atoms with Gasteiger partial charge < -0.3 is 14.4 Å². The maximum absolute atomic E-state index is 13.3. The Kier molecular flexibility index (Phi) is 5.27. The molecule has 0 saturated heterocycles. The molecule has 1 fully saturated rings. The van der Waals surface area contributed by atoms with Gasteiger partial charge in [-0.1, -0.05) is 6.07 Å². The fourth-order valence-corrected chi connectivity index (χ4v) is 3.09. The molecule has 2 aromatic carbocycles. The van der Waals surface area contributed by atoms with Gasteiger partial charge in [0, 0.05) is 17.3 Å². The lowest BCUT2D eigenvalue weighted by Crippen LogP contribution is -2.40. The molecule has 0 N–H and O–H groups in total. The van der Waals surface area contributed by atoms with E-state index in [4.69, 9.17) is 9.47 Å². The van der Waals surface area contributed by atoms with Crippen molar-refractivity contribution >= 4 is 11.6 Å². The number of methoxy groups -OCH3 is 1. The van der Waals surface area contributed by atoms with E-state index >= 15 is 0 Å². The van der Waals surface area contributed by atoms with Gasteiger partial charge in [0.1, 0.15) is 11.5 Å². The summed E-state index contributed by atoms with van der Waals surface area (Å²) in [7, 11) is 1.64. The largest absolute Gasteiger partial charge is 0.497 e. The van der Waals surface area contributed by atoms with E-state index in [-0.39, 0.29) is 11.9 Å². The minimum absolute atomic E-state index is 0.00567. The minimum Gasteiger partial charge on any atom is -0.497 e. The van der Waals surface area contributed by atoms with E-state index in [9.17, 15) is 4.79 Å². The molecule has 0 spiro atoms. The monoisotopic (exact) mass is 339 g/mol. The summed E-state index contributed by atoms with van der Waals surface area (Å²) in [6, 6.07) is 15.3. The Morgan fingerprint density at radius 1 is 1.16 bits per heavy atom. The molecule has 1 aliphatic rings. The summed E-state index contributed by atoms with van der Waals surface area (Å²) in [4.78, 5) is 15.2. The number of carbonyl (C=O) groups is 1. The first-order valence-corrected chi connectivity index (χ1v) is 8.84. The third-order valence-corrected chi connectivity index (χ3v) is 4.67. The van der Waals surface area contributed by atoms with E-state index < -0.39 is 0 Å². The van der Waals surface area contributed by atoms with E-state index in [0.717, 1.165) is 17.2 Å². The maximum Gasteiger partial charge on any atom is 0.258 e. The summed E-state index contributed by atoms with van der Waals surface area (Å²) in [5.41, 5.74) is 1.54. The highest BCUT2D eigenvalue weighted by molar-refractivity contribution is 6.06. The van der Waals surface area contributed by atoms with Crippen molar-refractivity contribution in [3.8, 4) is 11.5 Å². The van der Waals surface area contributed by atoms with Gasteiger partial charge in [0.2, 0.25) is 0 Å². The number of amides is 1. The molecule has 4 heteroatoms. The van der Waals surface area contributed by atoms with Crippen LogP contribution in [0.5, 0.6) is 11.5 Å². The van der Waals surface area contributed by atoms with Gasteiger partial charge in [0.15, 0.2) is 0 Å². The van der Waals surface area contributed by atoms with Crippen LogP contribution in [0.4, 0.5) is 5.69 Å². The molecule has 0 heterocycles. The fraction of sp³-hybridized carbons (Fsp3) is 0.381. The molecule has 25 heavy (non-hydrogen) atoms. The summed E-state index contributed by atoms with van der Waals surface area (Å²) in [5.74, 6) is 2.09. The molecule has 1 aliphatic carbocycles. The van der Waals surface area contributed by atoms with E-state index in [0.29, 0.717) is 18.1 Å². The van der Waals surface area contributed by atoms with Crippen LogP contribution < -0.4 is 14.4 Å². The first kappa shape index (κ1) is 17.3. The molecule has 1 saturated carbocycles. The molecular formula is C21H25NO3. The van der Waals surface area contributed by atoms with Crippen LogP contribution in [0.1, 0.15) is 37.0 Å². The van der Waals surface area contributed by atoms with Crippen molar-refractivity contribution in [1.29, 1.82) is 0 Å². The zero-order chi connectivity index (χ0) is 17.8. The second kappa shape index (κ2) is 7.60. The number of carbonyl (C=O) groups excluding carboxylic acids is 1. The van der Waals surface area contributed by atoms with Crippen LogP contribution in [-0.4, -0.2) is 25.7 Å². The summed E-state index contributed by atoms with van der Waals surface area (Å²) in [6.45, 7) is 4.65. The standard InChI is InChI=1S/C21H25NO3/c1-4-25-20-7-5-6-17(14-20)21(23)22(15(2)16-8-9-16)18-10-12-19(24-3)13-11-18/h5-7,10-16H,4,8-9H2,1-3H3. The van der Waals surface area contributed by atoms with Crippen LogP contribution in [0.15, 0.2) is 48.5 Å². The van der Waals surface area contributed by atoms with Gasteiger partial charge in [-0.25, -0.2) is 0 Å². The predicted octanol–water partition coefficient (Wildman–Crippen LogP) is 4.54. The van der Waals surface area contributed by atoms with Gasteiger partial charge in [-0.05, 0) is 75.1 Å². The van der Waals surface area contributed by atoms with Gasteiger partial charge in [-0.2, -0.15) is 0 Å². The second-order valence-electron chi connectivity index (χ2n) is 6.41. The van der Waals surface area contributed by atoms with E-state index in [1.54, 1.807) is 7.11 Å². The molecule has 1 amide bonds. The van der Waals surface area contributed by atoms with Crippen molar-refractivity contribution in [2.75, 3.05) is 18.6 Å². The van der Waals surface area contributed by atoms with Crippen LogP contribution in [0.25, 0.3) is 0 Å². The van der Waals surface area contributed by atoms with Crippen molar-refractivity contribution in [1.82, 2.24) is 0 Å². The fourth-order valence-electron chi connectivity index (χ4n) is 3.09. The molecule has 3 rings (SSSR count). The van der Waals surface area contributed by atoms with Gasteiger partial charge in [-0.15, -0.1) is 0 Å². The zero-order valence-electron chi connectivity index (χ0n) is 15.1. The summed E-state index contributed by atoms with van der Waals surface area (Å²) >= 11 is 0. The Bertz CT molecular complexity index is 722. The Morgan fingerprint density at radius 3 is 2.48 bits per heavy atom. The lowest BCUT2D eigenvalue weighted by molar-refractivity contribution is 0.0975. The predicted molar refractivity (Wildman–Crippen MR) is 99.6 cm³/mol. The van der Waals surface area contributed by atoms with Crippen LogP contribution in [-0.2, 0) is 0 Å². The van der Waals surface area contributed by atoms with Crippen LogP contribution >= 0.6 is 0 Å². The molecule has 2 aromatic rings. The maximum atomic E-state index is 13.3. The highest BCUT2D eigenvalue weighted by atomic mass is 16.5. The molecule has 0 bridgehead atoms. The highest BCUT2D eigenvalue weighted by Gasteiger charge is 2.35. The topological polar surface area (TPSA) is 38.8 Å². The molecule has 4 nitrogen and oxygen atoms in total. The quantitative estimate of drug-likeness (QED) is 0.743. The number of nitrogens with zero attached hydrogens (tertiary/aromatic N) is 1. The number of benzene rings is 2. The zero-order valence-corrected chi connectivity index (χ0v) is 15.1. The van der Waals surface area contributed by atoms with E-state index in [2.05, 4.69) is 6.92 Å². The molecular weight excluding hydrogens is 314 g/mol. The molecule has 1 atom stereocenters. The van der Waals surface area contributed by atoms with Gasteiger partial charge in [-0.3, -0.25) is 4.79 Å². The molecule has 0 aliphatic heterocycles. The van der Waals surface area contributed by atoms with Crippen molar-refractivity contribution in [3.05, 3.63) is 54.1 Å². The van der Waals surface area contributed by atoms with Gasteiger partial charge in [0.25, 0.3) is 5.91 Å². The molecule has 1 unspecified atom stereocenters. The summed E-state index contributed by atoms with van der Waals surface area (Å²) < 4.78 is 10.8. The number of hydrogen-bond donors (Lipinski definition) is 0. The molecule has 0 aromatic heterocycles. The van der Waals surface area contributed by atoms with Crippen molar-refractivity contribution in [2.45, 2.75) is 32.7 Å². The smallest absolute Gasteiger partial charge is 0.258 e. The van der Waals surface area contributed by atoms with Crippen LogP contribution in [0, 0.1) is 5.92 Å². The van der Waals surface area contributed by atoms with E-state index in [1.807, 2.05) is 60.4 Å². The molecule has 132 valence electrons. The Labute approximate surface area is 149 Å². The Morgan fingerprint density at radius 2 is 1.88 bits per heavy atom. The van der Waals surface area contributed by atoms with Gasteiger partial charge in [0.05, 0.1) is 13.7 Å².